The van der Waals surface area contributed by atoms with Crippen LogP contribution in [0.4, 0.5) is 0 Å². The van der Waals surface area contributed by atoms with Gasteiger partial charge in [-0.05, 0) is 120 Å². The summed E-state index contributed by atoms with van der Waals surface area (Å²) in [5.74, 6) is 14.6. The number of ether oxygens (including phenoxy) is 2. The van der Waals surface area contributed by atoms with Crippen molar-refractivity contribution in [1.82, 2.24) is 0 Å². The molecule has 4 nitrogen and oxygen atoms in total. The topological polar surface area (TPSA) is 52.6 Å². The molecule has 0 aliphatic rings. The first-order valence-corrected chi connectivity index (χ1v) is 18.9. The van der Waals surface area contributed by atoms with Crippen LogP contribution in [-0.4, -0.2) is 23.4 Å². The third-order valence-corrected chi connectivity index (χ3v) is 9.95. The summed E-state index contributed by atoms with van der Waals surface area (Å²) in [5, 5.41) is 4.74. The van der Waals surface area contributed by atoms with E-state index in [0.29, 0.717) is 34.8 Å². The summed E-state index contributed by atoms with van der Waals surface area (Å²) in [7, 11) is 0. The van der Waals surface area contributed by atoms with Crippen molar-refractivity contribution in [3.63, 3.8) is 0 Å². The summed E-state index contributed by atoms with van der Waals surface area (Å²) >= 11 is 15.6. The highest BCUT2D eigenvalue weighted by Gasteiger charge is 2.22. The van der Waals surface area contributed by atoms with Gasteiger partial charge in [0.15, 0.2) is 10.2 Å². The van der Waals surface area contributed by atoms with Crippen LogP contribution in [0, 0.1) is 23.7 Å². The molecule has 0 bridgehead atoms. The fraction of sp³-hybridized carbons (Fsp3) is 0.136. The maximum absolute atomic E-state index is 11.5. The molecule has 0 aromatic heterocycles. The fourth-order valence-electron chi connectivity index (χ4n) is 5.83. The molecule has 0 saturated heterocycles. The lowest BCUT2D eigenvalue weighted by atomic mass is 9.88. The Morgan fingerprint density at radius 2 is 0.923 bits per heavy atom. The van der Waals surface area contributed by atoms with Crippen LogP contribution in [0.2, 0.25) is 10.0 Å². The number of halogens is 2. The van der Waals surface area contributed by atoms with Crippen molar-refractivity contribution < 1.29 is 19.1 Å². The Bertz CT molecular complexity index is 2290. The van der Waals surface area contributed by atoms with Crippen LogP contribution >= 0.6 is 46.7 Å². The molecule has 52 heavy (non-hydrogen) atoms. The van der Waals surface area contributed by atoms with Crippen LogP contribution in [0.1, 0.15) is 49.9 Å². The van der Waals surface area contributed by atoms with Crippen molar-refractivity contribution in [3.8, 4) is 46.3 Å². The van der Waals surface area contributed by atoms with E-state index in [4.69, 9.17) is 32.7 Å². The second-order valence-corrected chi connectivity index (χ2v) is 15.0. The van der Waals surface area contributed by atoms with Crippen LogP contribution < -0.4 is 9.47 Å². The van der Waals surface area contributed by atoms with Crippen LogP contribution in [0.25, 0.3) is 32.7 Å². The number of carbonyl (C=O) groups excluding carboxylic acids is 2. The highest BCUT2D eigenvalue weighted by atomic mass is 35.5. The van der Waals surface area contributed by atoms with Gasteiger partial charge in [-0.3, -0.25) is 9.59 Å². The van der Waals surface area contributed by atoms with E-state index in [0.717, 1.165) is 64.7 Å². The molecule has 6 aromatic rings. The average molecular weight is 760 g/mol. The number of carbonyl (C=O) groups is 2. The maximum atomic E-state index is 11.5. The fourth-order valence-corrected chi connectivity index (χ4v) is 7.38. The van der Waals surface area contributed by atoms with Gasteiger partial charge in [-0.15, -0.1) is 0 Å². The number of benzene rings is 6. The summed E-state index contributed by atoms with van der Waals surface area (Å²) in [4.78, 5) is 24.8. The molecule has 0 atom stereocenters. The van der Waals surface area contributed by atoms with Gasteiger partial charge in [-0.25, -0.2) is 0 Å². The van der Waals surface area contributed by atoms with Gasteiger partial charge in [0, 0.05) is 67.1 Å². The molecule has 0 aliphatic carbocycles. The van der Waals surface area contributed by atoms with Crippen LogP contribution in [0.15, 0.2) is 107 Å². The highest BCUT2D eigenvalue weighted by Crippen LogP contribution is 2.48. The van der Waals surface area contributed by atoms with Gasteiger partial charge >= 0.3 is 0 Å². The molecule has 0 amide bonds. The molecule has 8 heteroatoms. The summed E-state index contributed by atoms with van der Waals surface area (Å²) in [6, 6.07) is 30.7. The predicted octanol–water partition coefficient (Wildman–Crippen LogP) is 11.8. The minimum Gasteiger partial charge on any atom is -0.493 e. The Kier molecular flexibility index (Phi) is 11.9. The number of rotatable bonds is 7. The Morgan fingerprint density at radius 3 is 1.27 bits per heavy atom. The van der Waals surface area contributed by atoms with E-state index in [1.165, 1.54) is 23.5 Å². The molecule has 0 unspecified atom stereocenters. The van der Waals surface area contributed by atoms with E-state index in [1.807, 2.05) is 111 Å². The van der Waals surface area contributed by atoms with Gasteiger partial charge < -0.3 is 9.47 Å². The predicted molar refractivity (Wildman–Crippen MR) is 217 cm³/mol. The van der Waals surface area contributed by atoms with E-state index < -0.39 is 0 Å². The highest BCUT2D eigenvalue weighted by molar-refractivity contribution is 8.13. The molecule has 0 fully saturated rings. The minimum atomic E-state index is 0.0319. The molecule has 0 spiro atoms. The van der Waals surface area contributed by atoms with Gasteiger partial charge in [0.05, 0.1) is 13.2 Å². The average Bonchev–Trinajstić information content (AvgIpc) is 3.11. The first kappa shape index (κ1) is 37.0. The number of hydrogen-bond acceptors (Lipinski definition) is 6. The normalized spacial score (nSPS) is 10.7. The molecule has 258 valence electrons. The molecule has 6 rings (SSSR count). The van der Waals surface area contributed by atoms with Gasteiger partial charge in [0.25, 0.3) is 0 Å². The molecule has 0 aliphatic heterocycles. The van der Waals surface area contributed by atoms with Gasteiger partial charge in [-0.1, -0.05) is 82.5 Å². The van der Waals surface area contributed by atoms with E-state index in [-0.39, 0.29) is 10.2 Å². The minimum absolute atomic E-state index is 0.0319. The second kappa shape index (κ2) is 16.7. The van der Waals surface area contributed by atoms with Crippen molar-refractivity contribution in [3.05, 3.63) is 129 Å². The Balaban J connectivity index is 1.55. The first-order chi connectivity index (χ1) is 25.1. The third-order valence-electron chi connectivity index (χ3n) is 7.89. The standard InChI is InChI=1S/C44H32Cl2O4S2/c1-5-49-41-23-31(13-7-29-9-17-35(18-10-29)51-27(3)47)39-25-33(45)15-21-37(39)43(41)44-38-22-16-34(46)26-40(38)32(24-42(44)50-6-2)14-8-30-11-19-36(20-12-30)52-28(4)48/h9-12,15-26H,5-6H2,1-4H3. The SMILES string of the molecule is CCOc1cc(C#Cc2ccc(SC(C)=O)cc2)c2cc(Cl)ccc2c1-c1c(OCC)cc(C#Cc2ccc(SC(C)=O)cc2)c2cc(Cl)ccc12. The van der Waals surface area contributed by atoms with Crippen LogP contribution in [0.5, 0.6) is 11.5 Å². The molecule has 0 heterocycles. The monoisotopic (exact) mass is 758 g/mol. The second-order valence-electron chi connectivity index (χ2n) is 11.6. The van der Waals surface area contributed by atoms with Crippen molar-refractivity contribution >= 4 is 78.5 Å². The lowest BCUT2D eigenvalue weighted by Gasteiger charge is -2.21. The largest absolute Gasteiger partial charge is 0.493 e. The summed E-state index contributed by atoms with van der Waals surface area (Å²) in [6.45, 7) is 7.85. The summed E-state index contributed by atoms with van der Waals surface area (Å²) < 4.78 is 12.8. The summed E-state index contributed by atoms with van der Waals surface area (Å²) in [6.07, 6.45) is 0. The Labute approximate surface area is 322 Å². The zero-order valence-corrected chi connectivity index (χ0v) is 32.0. The van der Waals surface area contributed by atoms with Crippen LogP contribution in [0.3, 0.4) is 0 Å². The zero-order chi connectivity index (χ0) is 36.8. The number of thioether (sulfide) groups is 2. The molecule has 0 radical (unpaired) electrons. The third kappa shape index (κ3) is 8.61. The molecular formula is C44H32Cl2O4S2. The van der Waals surface area contributed by atoms with Crippen molar-refractivity contribution in [2.24, 2.45) is 0 Å². The Hall–Kier alpha value is -4.82. The molecule has 0 N–H and O–H groups in total. The van der Waals surface area contributed by atoms with Gasteiger partial charge in [-0.2, -0.15) is 0 Å². The summed E-state index contributed by atoms with van der Waals surface area (Å²) in [5.41, 5.74) is 4.83. The van der Waals surface area contributed by atoms with Crippen molar-refractivity contribution in [2.45, 2.75) is 37.5 Å². The first-order valence-electron chi connectivity index (χ1n) is 16.5. The lowest BCUT2D eigenvalue weighted by Crippen LogP contribution is -2.01. The molecule has 0 saturated carbocycles. The number of hydrogen-bond donors (Lipinski definition) is 0. The van der Waals surface area contributed by atoms with E-state index in [9.17, 15) is 9.59 Å². The zero-order valence-electron chi connectivity index (χ0n) is 28.9. The van der Waals surface area contributed by atoms with E-state index >= 15 is 0 Å². The molecular weight excluding hydrogens is 728 g/mol. The van der Waals surface area contributed by atoms with Gasteiger partial charge in [0.2, 0.25) is 0 Å². The quantitative estimate of drug-likeness (QED) is 0.119. The maximum Gasteiger partial charge on any atom is 0.190 e. The number of fused-ring (bicyclic) bond motifs is 2. The van der Waals surface area contributed by atoms with Gasteiger partial charge in [0.1, 0.15) is 11.5 Å². The van der Waals surface area contributed by atoms with E-state index in [2.05, 4.69) is 23.7 Å². The molecule has 6 aromatic carbocycles. The lowest BCUT2D eigenvalue weighted by molar-refractivity contribution is -0.109. The van der Waals surface area contributed by atoms with Crippen molar-refractivity contribution in [2.75, 3.05) is 13.2 Å². The Morgan fingerprint density at radius 1 is 0.538 bits per heavy atom. The smallest absolute Gasteiger partial charge is 0.190 e. The van der Waals surface area contributed by atoms with E-state index in [1.54, 1.807) is 13.8 Å². The van der Waals surface area contributed by atoms with Crippen LogP contribution in [-0.2, 0) is 9.59 Å². The van der Waals surface area contributed by atoms with Crippen molar-refractivity contribution in [1.29, 1.82) is 0 Å².